The Morgan fingerprint density at radius 3 is 2.61 bits per heavy atom. The molecule has 2 aliphatic heterocycles. The second-order valence-electron chi connectivity index (χ2n) is 5.26. The van der Waals surface area contributed by atoms with Crippen LogP contribution in [-0.4, -0.2) is 73.2 Å². The zero-order chi connectivity index (χ0) is 17.0. The highest BCUT2D eigenvalue weighted by Crippen LogP contribution is 2.32. The molecule has 23 heavy (non-hydrogen) atoms. The largest absolute Gasteiger partial charge is 0.466 e. The molecule has 0 aromatic rings. The maximum absolute atomic E-state index is 12.3. The average Bonchev–Trinajstić information content (AvgIpc) is 3.03. The Morgan fingerprint density at radius 1 is 1.35 bits per heavy atom. The van der Waals surface area contributed by atoms with Crippen LogP contribution >= 0.6 is 0 Å². The lowest BCUT2D eigenvalue weighted by Crippen LogP contribution is -2.43. The molecule has 1 saturated heterocycles. The summed E-state index contributed by atoms with van der Waals surface area (Å²) < 4.78 is 15.1. The van der Waals surface area contributed by atoms with Crippen molar-refractivity contribution in [1.29, 1.82) is 0 Å². The molecule has 2 rings (SSSR count). The van der Waals surface area contributed by atoms with E-state index < -0.39 is 36.1 Å². The SMILES string of the molecule is CCOC(=O)CC1(C(=O)OCC)N=C(C2COCC2O)N(C)O1. The molecule has 0 saturated carbocycles. The molecule has 0 aliphatic carbocycles. The highest BCUT2D eigenvalue weighted by molar-refractivity contribution is 5.93. The van der Waals surface area contributed by atoms with E-state index in [4.69, 9.17) is 19.0 Å². The first-order chi connectivity index (χ1) is 10.9. The van der Waals surface area contributed by atoms with Gasteiger partial charge in [-0.05, 0) is 13.8 Å². The van der Waals surface area contributed by atoms with Gasteiger partial charge in [-0.15, -0.1) is 0 Å². The molecule has 1 fully saturated rings. The van der Waals surface area contributed by atoms with Crippen molar-refractivity contribution in [3.63, 3.8) is 0 Å². The van der Waals surface area contributed by atoms with E-state index in [0.29, 0.717) is 5.84 Å². The predicted octanol–water partition coefficient (Wildman–Crippen LogP) is -0.518. The number of nitrogens with zero attached hydrogens (tertiary/aromatic N) is 2. The van der Waals surface area contributed by atoms with Gasteiger partial charge in [0.1, 0.15) is 12.3 Å². The number of hydroxylamine groups is 2. The number of hydrogen-bond acceptors (Lipinski definition) is 9. The standard InChI is InChI=1S/C14H22N2O7/c1-4-21-11(18)6-14(13(19)22-5-2)15-12(16(3)23-14)9-7-20-8-10(9)17/h9-10,17H,4-8H2,1-3H3. The Morgan fingerprint density at radius 2 is 2.04 bits per heavy atom. The van der Waals surface area contributed by atoms with E-state index in [-0.39, 0.29) is 26.4 Å². The van der Waals surface area contributed by atoms with Crippen LogP contribution in [0.4, 0.5) is 0 Å². The van der Waals surface area contributed by atoms with Gasteiger partial charge in [-0.1, -0.05) is 0 Å². The van der Waals surface area contributed by atoms with Gasteiger partial charge in [0.15, 0.2) is 0 Å². The van der Waals surface area contributed by atoms with Gasteiger partial charge in [-0.2, -0.15) is 0 Å². The first-order valence-corrected chi connectivity index (χ1v) is 7.54. The first-order valence-electron chi connectivity index (χ1n) is 7.54. The highest BCUT2D eigenvalue weighted by Gasteiger charge is 2.52. The summed E-state index contributed by atoms with van der Waals surface area (Å²) >= 11 is 0. The number of aliphatic hydroxyl groups is 1. The van der Waals surface area contributed by atoms with Crippen molar-refractivity contribution < 1.29 is 33.7 Å². The van der Waals surface area contributed by atoms with Crippen LogP contribution in [0.25, 0.3) is 0 Å². The van der Waals surface area contributed by atoms with Crippen molar-refractivity contribution in [3.8, 4) is 0 Å². The van der Waals surface area contributed by atoms with Gasteiger partial charge in [-0.25, -0.2) is 19.7 Å². The summed E-state index contributed by atoms with van der Waals surface area (Å²) in [5.41, 5.74) is -1.82. The molecule has 9 heteroatoms. The second kappa shape index (κ2) is 7.24. The van der Waals surface area contributed by atoms with Crippen molar-refractivity contribution in [1.82, 2.24) is 5.06 Å². The molecule has 3 unspecified atom stereocenters. The maximum atomic E-state index is 12.3. The van der Waals surface area contributed by atoms with Gasteiger partial charge in [0, 0.05) is 7.05 Å². The van der Waals surface area contributed by atoms with E-state index in [1.54, 1.807) is 20.9 Å². The van der Waals surface area contributed by atoms with Crippen LogP contribution in [-0.2, 0) is 28.6 Å². The summed E-state index contributed by atoms with van der Waals surface area (Å²) in [6.07, 6.45) is -1.16. The van der Waals surface area contributed by atoms with Gasteiger partial charge < -0.3 is 19.3 Å². The lowest BCUT2D eigenvalue weighted by atomic mass is 10.0. The number of amidine groups is 1. The van der Waals surface area contributed by atoms with Crippen molar-refractivity contribution in [2.75, 3.05) is 33.5 Å². The van der Waals surface area contributed by atoms with Crippen LogP contribution in [0.2, 0.25) is 0 Å². The van der Waals surface area contributed by atoms with Gasteiger partial charge in [0.25, 0.3) is 5.72 Å². The Labute approximate surface area is 134 Å². The van der Waals surface area contributed by atoms with Crippen LogP contribution in [0, 0.1) is 5.92 Å². The van der Waals surface area contributed by atoms with E-state index >= 15 is 0 Å². The lowest BCUT2D eigenvalue weighted by Gasteiger charge is -2.23. The fraction of sp³-hybridized carbons (Fsp3) is 0.786. The molecule has 0 radical (unpaired) electrons. The Bertz CT molecular complexity index is 496. The molecule has 3 atom stereocenters. The first kappa shape index (κ1) is 17.6. The topological polar surface area (TPSA) is 107 Å². The second-order valence-corrected chi connectivity index (χ2v) is 5.26. The summed E-state index contributed by atoms with van der Waals surface area (Å²) in [5, 5.41) is 11.2. The summed E-state index contributed by atoms with van der Waals surface area (Å²) in [5.74, 6) is -1.49. The quantitative estimate of drug-likeness (QED) is 0.649. The number of hydrogen-bond donors (Lipinski definition) is 1. The summed E-state index contributed by atoms with van der Waals surface area (Å²) in [6, 6.07) is 0. The summed E-state index contributed by atoms with van der Waals surface area (Å²) in [7, 11) is 1.55. The van der Waals surface area contributed by atoms with Crippen molar-refractivity contribution in [2.24, 2.45) is 10.9 Å². The van der Waals surface area contributed by atoms with Gasteiger partial charge in [0.2, 0.25) is 0 Å². The third-order valence-electron chi connectivity index (χ3n) is 3.57. The monoisotopic (exact) mass is 330 g/mol. The fourth-order valence-electron chi connectivity index (χ4n) is 2.53. The number of carbonyl (C=O) groups is 2. The molecule has 0 spiro atoms. The van der Waals surface area contributed by atoms with E-state index in [2.05, 4.69) is 4.99 Å². The minimum Gasteiger partial charge on any atom is -0.466 e. The molecule has 0 aromatic carbocycles. The molecule has 130 valence electrons. The van der Waals surface area contributed by atoms with Gasteiger partial charge in [-0.3, -0.25) is 4.79 Å². The van der Waals surface area contributed by atoms with Crippen molar-refractivity contribution in [2.45, 2.75) is 32.1 Å². The third kappa shape index (κ3) is 3.62. The summed E-state index contributed by atoms with van der Waals surface area (Å²) in [4.78, 5) is 34.0. The van der Waals surface area contributed by atoms with Crippen molar-refractivity contribution >= 4 is 17.8 Å². The van der Waals surface area contributed by atoms with E-state index in [1.165, 1.54) is 5.06 Å². The molecule has 1 N–H and O–H groups in total. The van der Waals surface area contributed by atoms with Gasteiger partial charge in [0.05, 0.1) is 38.4 Å². The van der Waals surface area contributed by atoms with Crippen LogP contribution < -0.4 is 0 Å². The number of aliphatic imine (C=N–C) groups is 1. The highest BCUT2D eigenvalue weighted by atomic mass is 16.7. The minimum atomic E-state index is -1.82. The number of ether oxygens (including phenoxy) is 3. The molecule has 2 heterocycles. The molecule has 0 amide bonds. The minimum absolute atomic E-state index is 0.122. The molecular weight excluding hydrogens is 308 g/mol. The molecule has 9 nitrogen and oxygen atoms in total. The van der Waals surface area contributed by atoms with E-state index in [1.807, 2.05) is 0 Å². The zero-order valence-corrected chi connectivity index (χ0v) is 13.5. The predicted molar refractivity (Wildman–Crippen MR) is 77.2 cm³/mol. The van der Waals surface area contributed by atoms with Crippen LogP contribution in [0.3, 0.4) is 0 Å². The molecule has 0 bridgehead atoms. The van der Waals surface area contributed by atoms with E-state index in [0.717, 1.165) is 0 Å². The Kier molecular flexibility index (Phi) is 5.55. The number of carbonyl (C=O) groups excluding carboxylic acids is 2. The Balaban J connectivity index is 2.28. The number of rotatable bonds is 6. The van der Waals surface area contributed by atoms with Crippen molar-refractivity contribution in [3.05, 3.63) is 0 Å². The third-order valence-corrected chi connectivity index (χ3v) is 3.57. The summed E-state index contributed by atoms with van der Waals surface area (Å²) in [6.45, 7) is 4.05. The average molecular weight is 330 g/mol. The zero-order valence-electron chi connectivity index (χ0n) is 13.5. The van der Waals surface area contributed by atoms with Crippen LogP contribution in [0.5, 0.6) is 0 Å². The molecule has 2 aliphatic rings. The van der Waals surface area contributed by atoms with Gasteiger partial charge >= 0.3 is 11.9 Å². The Hall–Kier alpha value is -1.71. The molecule has 0 aromatic heterocycles. The normalized spacial score (nSPS) is 30.3. The maximum Gasteiger partial charge on any atom is 0.364 e. The fourth-order valence-corrected chi connectivity index (χ4v) is 2.53. The van der Waals surface area contributed by atoms with Crippen LogP contribution in [0.1, 0.15) is 20.3 Å². The lowest BCUT2D eigenvalue weighted by molar-refractivity contribution is -0.208. The number of aliphatic hydroxyl groups excluding tert-OH is 1. The molecular formula is C14H22N2O7. The smallest absolute Gasteiger partial charge is 0.364 e. The van der Waals surface area contributed by atoms with E-state index in [9.17, 15) is 14.7 Å². The number of esters is 2. The van der Waals surface area contributed by atoms with Crippen LogP contribution in [0.15, 0.2) is 4.99 Å².